The van der Waals surface area contributed by atoms with Crippen molar-refractivity contribution in [2.75, 3.05) is 19.0 Å². The van der Waals surface area contributed by atoms with Crippen LogP contribution in [0.1, 0.15) is 6.23 Å². The van der Waals surface area contributed by atoms with Crippen molar-refractivity contribution in [3.63, 3.8) is 0 Å². The number of hydrogen-bond donors (Lipinski definition) is 8. The van der Waals surface area contributed by atoms with Crippen LogP contribution in [0.5, 0.6) is 0 Å². The van der Waals surface area contributed by atoms with Crippen LogP contribution in [0.2, 0.25) is 0 Å². The first-order valence-electron chi connectivity index (χ1n) is 8.57. The minimum absolute atomic E-state index is 0.129. The summed E-state index contributed by atoms with van der Waals surface area (Å²) in [7, 11) is -15.1. The average Bonchev–Trinajstić information content (AvgIpc) is 3.19. The number of hydrogen-bond acceptors (Lipinski definition) is 13. The Bertz CT molecular complexity index is 1230. The molecule has 8 N–H and O–H groups in total. The fourth-order valence-electron chi connectivity index (χ4n) is 2.81. The minimum Gasteiger partial charge on any atom is -0.387 e. The molecule has 22 heteroatoms. The van der Waals surface area contributed by atoms with Crippen molar-refractivity contribution >= 4 is 52.8 Å². The predicted octanol–water partition coefficient (Wildman–Crippen LogP) is -0.507. The lowest BCUT2D eigenvalue weighted by atomic mass is 10.1. The van der Waals surface area contributed by atoms with Crippen LogP contribution in [0.3, 0.4) is 0 Å². The Morgan fingerprint density at radius 1 is 1.18 bits per heavy atom. The number of anilines is 1. The van der Waals surface area contributed by atoms with E-state index < -0.39 is 54.6 Å². The van der Waals surface area contributed by atoms with Crippen molar-refractivity contribution < 1.29 is 61.4 Å². The first kappa shape index (κ1) is 26.5. The second-order valence-electron chi connectivity index (χ2n) is 6.42. The van der Waals surface area contributed by atoms with Gasteiger partial charge in [0.05, 0.1) is 12.9 Å². The average molecular weight is 553 g/mol. The quantitative estimate of drug-likeness (QED) is 0.143. The molecule has 0 bridgehead atoms. The molecule has 2 unspecified atom stereocenters. The fraction of sp³-hybridized carbons (Fsp3) is 0.545. The zero-order chi connectivity index (χ0) is 24.8. The number of fused-ring (bicyclic) bond motifs is 1. The molecule has 0 spiro atoms. The van der Waals surface area contributed by atoms with E-state index in [2.05, 4.69) is 33.4 Å². The van der Waals surface area contributed by atoms with Gasteiger partial charge in [-0.2, -0.15) is 8.62 Å². The first-order valence-corrected chi connectivity index (χ1v) is 13.5. The molecule has 1 aliphatic heterocycles. The Morgan fingerprint density at radius 3 is 2.45 bits per heavy atom. The van der Waals surface area contributed by atoms with E-state index in [1.54, 1.807) is 7.05 Å². The predicted molar refractivity (Wildman–Crippen MR) is 108 cm³/mol. The molecule has 2 aromatic heterocycles. The van der Waals surface area contributed by atoms with Gasteiger partial charge in [-0.05, 0) is 0 Å². The van der Waals surface area contributed by atoms with Crippen molar-refractivity contribution in [3.05, 3.63) is 11.0 Å². The molecule has 3 rings (SSSR count). The SMILES string of the molecule is CNc1nc(=S)c2ncn([C@@H]3O[C@H](COP(=O)(O)OP(=O)(O)OP(=O)(O)O)[C@@H](O)[C@H]3O)c2[nH]1. The molecular weight excluding hydrogens is 535 g/mol. The maximum Gasteiger partial charge on any atom is 0.490 e. The molecule has 0 radical (unpaired) electrons. The number of aromatic amines is 1. The van der Waals surface area contributed by atoms with Crippen molar-refractivity contribution in [1.82, 2.24) is 19.5 Å². The third kappa shape index (κ3) is 6.30. The molecule has 1 saturated heterocycles. The molecule has 1 fully saturated rings. The Hall–Kier alpha value is -1.14. The molecular formula is C11H18N5O13P3S. The number of ether oxygens (including phenoxy) is 1. The van der Waals surface area contributed by atoms with Crippen molar-refractivity contribution in [2.24, 2.45) is 0 Å². The minimum atomic E-state index is -5.71. The summed E-state index contributed by atoms with van der Waals surface area (Å²) in [5.74, 6) is 0.270. The van der Waals surface area contributed by atoms with Gasteiger partial charge < -0.3 is 44.8 Å². The summed E-state index contributed by atoms with van der Waals surface area (Å²) in [6.07, 6.45) is -4.76. The van der Waals surface area contributed by atoms with Crippen LogP contribution in [0.15, 0.2) is 6.33 Å². The molecule has 0 aromatic carbocycles. The van der Waals surface area contributed by atoms with Gasteiger partial charge in [0.2, 0.25) is 5.95 Å². The molecule has 1 aliphatic rings. The van der Waals surface area contributed by atoms with E-state index in [9.17, 15) is 28.8 Å². The molecule has 2 aromatic rings. The van der Waals surface area contributed by atoms with Crippen LogP contribution < -0.4 is 5.32 Å². The number of phosphoric ester groups is 1. The molecule has 6 atom stereocenters. The highest BCUT2D eigenvalue weighted by atomic mass is 32.1. The molecule has 3 heterocycles. The van der Waals surface area contributed by atoms with E-state index in [0.29, 0.717) is 0 Å². The molecule has 0 amide bonds. The molecule has 33 heavy (non-hydrogen) atoms. The molecule has 0 aliphatic carbocycles. The third-order valence-corrected chi connectivity index (χ3v) is 8.20. The van der Waals surface area contributed by atoms with Crippen molar-refractivity contribution in [2.45, 2.75) is 24.5 Å². The van der Waals surface area contributed by atoms with Gasteiger partial charge in [0.25, 0.3) is 0 Å². The van der Waals surface area contributed by atoms with Crippen LogP contribution in [0, 0.1) is 4.64 Å². The van der Waals surface area contributed by atoms with E-state index in [0.717, 1.165) is 0 Å². The lowest BCUT2D eigenvalue weighted by Crippen LogP contribution is -2.33. The highest BCUT2D eigenvalue weighted by Crippen LogP contribution is 2.66. The lowest BCUT2D eigenvalue weighted by molar-refractivity contribution is -0.0503. The molecule has 186 valence electrons. The van der Waals surface area contributed by atoms with Crippen LogP contribution in [0.25, 0.3) is 11.2 Å². The lowest BCUT2D eigenvalue weighted by Gasteiger charge is -2.19. The maximum absolute atomic E-state index is 11.9. The van der Waals surface area contributed by atoms with Gasteiger partial charge in [-0.3, -0.25) is 9.09 Å². The van der Waals surface area contributed by atoms with E-state index in [-0.39, 0.29) is 21.8 Å². The smallest absolute Gasteiger partial charge is 0.387 e. The van der Waals surface area contributed by atoms with Crippen molar-refractivity contribution in [3.8, 4) is 0 Å². The zero-order valence-electron chi connectivity index (χ0n) is 16.2. The number of aliphatic hydroxyl groups is 2. The number of nitrogens with one attached hydrogen (secondary N) is 2. The second kappa shape index (κ2) is 9.49. The van der Waals surface area contributed by atoms with Gasteiger partial charge in [0, 0.05) is 7.05 Å². The van der Waals surface area contributed by atoms with E-state index in [1.165, 1.54) is 10.9 Å². The summed E-state index contributed by atoms with van der Waals surface area (Å²) in [5.41, 5.74) is 0.523. The Kier molecular flexibility index (Phi) is 7.61. The summed E-state index contributed by atoms with van der Waals surface area (Å²) < 4.78 is 52.4. The number of imidazole rings is 1. The highest BCUT2D eigenvalue weighted by molar-refractivity contribution is 7.71. The van der Waals surface area contributed by atoms with Gasteiger partial charge in [0.15, 0.2) is 10.9 Å². The monoisotopic (exact) mass is 553 g/mol. The Morgan fingerprint density at radius 2 is 1.85 bits per heavy atom. The largest absolute Gasteiger partial charge is 0.490 e. The standard InChI is InChI=1S/C11H18N5O13P3S/c1-12-11-14-8-5(9(33)15-11)13-3-16(8)10-7(18)6(17)4(27-10)2-26-31(22,23)29-32(24,25)28-30(19,20)21/h3-4,6-7,10,17-18H,2H2,1H3,(H,22,23)(H,24,25)(H2,19,20,21)(H2,12,14,15,33)/t4-,6-,7-,10-/m1/s1. The van der Waals surface area contributed by atoms with Crippen LogP contribution in [-0.4, -0.2) is 81.3 Å². The van der Waals surface area contributed by atoms with Crippen molar-refractivity contribution in [1.29, 1.82) is 0 Å². The highest BCUT2D eigenvalue weighted by Gasteiger charge is 2.46. The summed E-state index contributed by atoms with van der Waals surface area (Å²) in [4.78, 5) is 46.7. The number of aliphatic hydroxyl groups excluding tert-OH is 2. The third-order valence-electron chi connectivity index (χ3n) is 4.11. The van der Waals surface area contributed by atoms with Gasteiger partial charge in [-0.25, -0.2) is 23.7 Å². The van der Waals surface area contributed by atoms with Crippen LogP contribution in [-0.2, 0) is 31.6 Å². The fourth-order valence-corrected chi connectivity index (χ4v) is 6.09. The number of nitrogens with zero attached hydrogens (tertiary/aromatic N) is 3. The van der Waals surface area contributed by atoms with E-state index in [4.69, 9.17) is 31.6 Å². The Balaban J connectivity index is 1.74. The summed E-state index contributed by atoms with van der Waals surface area (Å²) in [6, 6.07) is 0. The zero-order valence-corrected chi connectivity index (χ0v) is 19.7. The van der Waals surface area contributed by atoms with E-state index >= 15 is 0 Å². The van der Waals surface area contributed by atoms with Gasteiger partial charge in [-0.1, -0.05) is 12.2 Å². The number of aromatic nitrogens is 4. The van der Waals surface area contributed by atoms with Crippen LogP contribution >= 0.6 is 35.7 Å². The summed E-state index contributed by atoms with van der Waals surface area (Å²) >= 11 is 5.14. The number of rotatable bonds is 9. The normalized spacial score (nSPS) is 27.4. The van der Waals surface area contributed by atoms with Crippen LogP contribution in [0.4, 0.5) is 5.95 Å². The second-order valence-corrected chi connectivity index (χ2v) is 11.2. The van der Waals surface area contributed by atoms with E-state index in [1.807, 2.05) is 0 Å². The summed E-state index contributed by atoms with van der Waals surface area (Å²) in [5, 5.41) is 23.4. The van der Waals surface area contributed by atoms with Gasteiger partial charge >= 0.3 is 23.5 Å². The molecule has 18 nitrogen and oxygen atoms in total. The number of phosphoric acid groups is 3. The van der Waals surface area contributed by atoms with Gasteiger partial charge in [0.1, 0.15) is 29.5 Å². The molecule has 0 saturated carbocycles. The summed E-state index contributed by atoms with van der Waals surface area (Å²) in [6.45, 7) is -0.954. The number of H-pyrrole nitrogens is 1. The maximum atomic E-state index is 11.9. The topological polar surface area (TPSA) is 268 Å². The Labute approximate surface area is 188 Å². The van der Waals surface area contributed by atoms with Gasteiger partial charge in [-0.15, -0.1) is 0 Å². The first-order chi connectivity index (χ1) is 15.1.